The van der Waals surface area contributed by atoms with Crippen molar-refractivity contribution in [2.75, 3.05) is 19.0 Å². The number of hydrogen-bond donors (Lipinski definition) is 1. The maximum absolute atomic E-state index is 12.0. The van der Waals surface area contributed by atoms with E-state index < -0.39 is 5.97 Å². The fraction of sp³-hybridized carbons (Fsp3) is 0.235. The Bertz CT molecular complexity index is 781. The maximum atomic E-state index is 12.0. The van der Waals surface area contributed by atoms with Gasteiger partial charge in [-0.15, -0.1) is 11.3 Å². The van der Waals surface area contributed by atoms with Crippen molar-refractivity contribution in [3.63, 3.8) is 0 Å². The van der Waals surface area contributed by atoms with E-state index in [4.69, 9.17) is 4.74 Å². The van der Waals surface area contributed by atoms with Gasteiger partial charge >= 0.3 is 5.97 Å². The van der Waals surface area contributed by atoms with Crippen LogP contribution in [-0.4, -0.2) is 31.4 Å². The number of carbonyl (C=O) groups is 3. The van der Waals surface area contributed by atoms with Gasteiger partial charge in [0.25, 0.3) is 5.91 Å². The van der Waals surface area contributed by atoms with Gasteiger partial charge in [-0.05, 0) is 31.5 Å². The molecule has 0 bridgehead atoms. The first-order chi connectivity index (χ1) is 11.4. The second-order valence-corrected chi connectivity index (χ2v) is 5.90. The highest BCUT2D eigenvalue weighted by molar-refractivity contribution is 7.14. The Balaban J connectivity index is 1.97. The molecule has 1 amide bonds. The lowest BCUT2D eigenvalue weighted by Crippen LogP contribution is -2.20. The average Bonchev–Trinajstić information content (AvgIpc) is 2.93. The summed E-state index contributed by atoms with van der Waals surface area (Å²) >= 11 is 1.24. The van der Waals surface area contributed by atoms with Crippen LogP contribution in [0.15, 0.2) is 29.6 Å². The number of amides is 1. The van der Waals surface area contributed by atoms with Gasteiger partial charge in [0.2, 0.25) is 0 Å². The lowest BCUT2D eigenvalue weighted by Gasteiger charge is -2.08. The molecule has 1 N–H and O–H groups in total. The van der Waals surface area contributed by atoms with Crippen molar-refractivity contribution in [3.05, 3.63) is 46.3 Å². The molecule has 24 heavy (non-hydrogen) atoms. The number of rotatable bonds is 6. The standard InChI is InChI=1S/C17H17NO5S/c1-10-14(17(21)22-3)9-24-16(10)18-15(20)8-23-13-6-4-5-12(7-13)11(2)19/h4-7,9H,8H2,1-3H3,(H,18,20). The number of anilines is 1. The normalized spacial score (nSPS) is 10.1. The molecule has 126 valence electrons. The van der Waals surface area contributed by atoms with Crippen LogP contribution in [0, 0.1) is 6.92 Å². The highest BCUT2D eigenvalue weighted by atomic mass is 32.1. The fourth-order valence-electron chi connectivity index (χ4n) is 1.97. The number of methoxy groups -OCH3 is 1. The van der Waals surface area contributed by atoms with Crippen LogP contribution in [0.1, 0.15) is 33.2 Å². The summed E-state index contributed by atoms with van der Waals surface area (Å²) in [7, 11) is 1.31. The van der Waals surface area contributed by atoms with Crippen LogP contribution in [0.2, 0.25) is 0 Å². The molecule has 0 radical (unpaired) electrons. The van der Waals surface area contributed by atoms with Gasteiger partial charge in [-0.2, -0.15) is 0 Å². The molecule has 1 heterocycles. The van der Waals surface area contributed by atoms with Gasteiger partial charge in [-0.25, -0.2) is 4.79 Å². The number of thiophene rings is 1. The predicted octanol–water partition coefficient (Wildman–Crippen LogP) is 3.06. The number of nitrogens with one attached hydrogen (secondary N) is 1. The van der Waals surface area contributed by atoms with Gasteiger partial charge in [0, 0.05) is 10.9 Å². The number of ether oxygens (including phenoxy) is 2. The van der Waals surface area contributed by atoms with E-state index in [2.05, 4.69) is 10.1 Å². The highest BCUT2D eigenvalue weighted by Crippen LogP contribution is 2.27. The van der Waals surface area contributed by atoms with Crippen LogP contribution >= 0.6 is 11.3 Å². The van der Waals surface area contributed by atoms with Crippen molar-refractivity contribution in [3.8, 4) is 5.75 Å². The molecule has 7 heteroatoms. The van der Waals surface area contributed by atoms with Gasteiger partial charge < -0.3 is 14.8 Å². The molecule has 0 unspecified atom stereocenters. The molecule has 2 rings (SSSR count). The molecule has 0 atom stereocenters. The third-order valence-corrected chi connectivity index (χ3v) is 4.31. The summed E-state index contributed by atoms with van der Waals surface area (Å²) in [4.78, 5) is 34.9. The Labute approximate surface area is 143 Å². The minimum atomic E-state index is -0.443. The summed E-state index contributed by atoms with van der Waals surface area (Å²) in [6, 6.07) is 6.63. The van der Waals surface area contributed by atoms with Crippen molar-refractivity contribution >= 4 is 34.0 Å². The summed E-state index contributed by atoms with van der Waals surface area (Å²) in [6.45, 7) is 2.99. The summed E-state index contributed by atoms with van der Waals surface area (Å²) in [5, 5.41) is 4.90. The van der Waals surface area contributed by atoms with E-state index in [0.29, 0.717) is 27.4 Å². The topological polar surface area (TPSA) is 81.7 Å². The van der Waals surface area contributed by atoms with Crippen LogP contribution in [0.5, 0.6) is 5.75 Å². The third-order valence-electron chi connectivity index (χ3n) is 3.31. The van der Waals surface area contributed by atoms with Crippen molar-refractivity contribution in [2.24, 2.45) is 0 Å². The van der Waals surface area contributed by atoms with Crippen molar-refractivity contribution in [1.29, 1.82) is 0 Å². The number of ketones is 1. The third kappa shape index (κ3) is 4.20. The van der Waals surface area contributed by atoms with Gasteiger partial charge in [0.15, 0.2) is 12.4 Å². The molecular weight excluding hydrogens is 330 g/mol. The second-order valence-electron chi connectivity index (χ2n) is 5.02. The molecule has 1 aromatic carbocycles. The summed E-state index contributed by atoms with van der Waals surface area (Å²) in [5.41, 5.74) is 1.59. The molecule has 6 nitrogen and oxygen atoms in total. The zero-order valence-electron chi connectivity index (χ0n) is 13.5. The maximum Gasteiger partial charge on any atom is 0.339 e. The van der Waals surface area contributed by atoms with E-state index in [-0.39, 0.29) is 18.3 Å². The fourth-order valence-corrected chi connectivity index (χ4v) is 2.94. The molecule has 0 aliphatic rings. The number of esters is 1. The van der Waals surface area contributed by atoms with Crippen LogP contribution in [0.4, 0.5) is 5.00 Å². The number of carbonyl (C=O) groups excluding carboxylic acids is 3. The van der Waals surface area contributed by atoms with E-state index in [1.54, 1.807) is 36.6 Å². The van der Waals surface area contributed by atoms with Crippen molar-refractivity contribution < 1.29 is 23.9 Å². The van der Waals surface area contributed by atoms with Crippen molar-refractivity contribution in [2.45, 2.75) is 13.8 Å². The molecule has 0 saturated carbocycles. The molecule has 0 saturated heterocycles. The lowest BCUT2D eigenvalue weighted by molar-refractivity contribution is -0.118. The van der Waals surface area contributed by atoms with Crippen LogP contribution in [0.25, 0.3) is 0 Å². The molecule has 1 aromatic heterocycles. The van der Waals surface area contributed by atoms with Gasteiger partial charge in [-0.1, -0.05) is 12.1 Å². The first-order valence-electron chi connectivity index (χ1n) is 7.12. The van der Waals surface area contributed by atoms with E-state index in [1.807, 2.05) is 0 Å². The predicted molar refractivity (Wildman–Crippen MR) is 91.0 cm³/mol. The number of Topliss-reactive ketones (excluding diaryl/α,β-unsaturated/α-hetero) is 1. The molecule has 0 spiro atoms. The first-order valence-corrected chi connectivity index (χ1v) is 8.00. The number of benzene rings is 1. The Morgan fingerprint density at radius 3 is 2.67 bits per heavy atom. The van der Waals surface area contributed by atoms with Crippen molar-refractivity contribution in [1.82, 2.24) is 0 Å². The Morgan fingerprint density at radius 1 is 1.25 bits per heavy atom. The first kappa shape index (κ1) is 17.7. The summed E-state index contributed by atoms with van der Waals surface area (Å²) in [6.07, 6.45) is 0. The smallest absolute Gasteiger partial charge is 0.339 e. The van der Waals surface area contributed by atoms with Gasteiger partial charge in [0.1, 0.15) is 5.75 Å². The zero-order chi connectivity index (χ0) is 17.7. The quantitative estimate of drug-likeness (QED) is 0.641. The Hall–Kier alpha value is -2.67. The monoisotopic (exact) mass is 347 g/mol. The largest absolute Gasteiger partial charge is 0.484 e. The Morgan fingerprint density at radius 2 is 2.00 bits per heavy atom. The highest BCUT2D eigenvalue weighted by Gasteiger charge is 2.16. The lowest BCUT2D eigenvalue weighted by atomic mass is 10.1. The van der Waals surface area contributed by atoms with Gasteiger partial charge in [-0.3, -0.25) is 9.59 Å². The van der Waals surface area contributed by atoms with E-state index >= 15 is 0 Å². The number of hydrogen-bond acceptors (Lipinski definition) is 6. The van der Waals surface area contributed by atoms with E-state index in [1.165, 1.54) is 25.4 Å². The summed E-state index contributed by atoms with van der Waals surface area (Å²) < 4.78 is 10.1. The minimum absolute atomic E-state index is 0.0746. The summed E-state index contributed by atoms with van der Waals surface area (Å²) in [5.74, 6) is -0.434. The van der Waals surface area contributed by atoms with E-state index in [0.717, 1.165) is 0 Å². The minimum Gasteiger partial charge on any atom is -0.484 e. The molecule has 0 aliphatic carbocycles. The van der Waals surface area contributed by atoms with Crippen LogP contribution in [0.3, 0.4) is 0 Å². The second kappa shape index (κ2) is 7.74. The average molecular weight is 347 g/mol. The molecule has 0 fully saturated rings. The molecule has 0 aliphatic heterocycles. The molecule has 2 aromatic rings. The Kier molecular flexibility index (Phi) is 5.70. The van der Waals surface area contributed by atoms with Crippen LogP contribution < -0.4 is 10.1 Å². The molecular formula is C17H17NO5S. The van der Waals surface area contributed by atoms with Crippen LogP contribution in [-0.2, 0) is 9.53 Å². The van der Waals surface area contributed by atoms with E-state index in [9.17, 15) is 14.4 Å². The van der Waals surface area contributed by atoms with Gasteiger partial charge in [0.05, 0.1) is 17.7 Å². The zero-order valence-corrected chi connectivity index (χ0v) is 14.4. The SMILES string of the molecule is COC(=O)c1csc(NC(=O)COc2cccc(C(C)=O)c2)c1C.